The number of piperazine rings is 1. The summed E-state index contributed by atoms with van der Waals surface area (Å²) in [6.07, 6.45) is 5.43. The van der Waals surface area contributed by atoms with Gasteiger partial charge < -0.3 is 15.8 Å². The second-order valence-corrected chi connectivity index (χ2v) is 6.04. The molecule has 1 aliphatic heterocycles. The van der Waals surface area contributed by atoms with Gasteiger partial charge in [0.2, 0.25) is 0 Å². The van der Waals surface area contributed by atoms with Gasteiger partial charge in [0.25, 0.3) is 0 Å². The lowest BCUT2D eigenvalue weighted by Crippen LogP contribution is -2.54. The Morgan fingerprint density at radius 2 is 2.05 bits per heavy atom. The molecule has 1 fully saturated rings. The van der Waals surface area contributed by atoms with Crippen LogP contribution >= 0.6 is 11.8 Å². The van der Waals surface area contributed by atoms with Crippen molar-refractivity contribution in [2.45, 2.75) is 32.2 Å². The topological polar surface area (TPSA) is 65.1 Å². The minimum atomic E-state index is 0.100. The molecule has 112 valence electrons. The summed E-state index contributed by atoms with van der Waals surface area (Å²) in [5.74, 6) is 1.60. The number of nitrogens with zero attached hydrogens (tertiary/aromatic N) is 3. The second-order valence-electron chi connectivity index (χ2n) is 5.05. The van der Waals surface area contributed by atoms with Crippen LogP contribution < -0.4 is 5.73 Å². The molecular weight excluding hydrogens is 260 g/mol. The summed E-state index contributed by atoms with van der Waals surface area (Å²) in [6, 6.07) is 0.100. The van der Waals surface area contributed by atoms with E-state index in [1.54, 1.807) is 0 Å². The van der Waals surface area contributed by atoms with E-state index in [2.05, 4.69) is 28.1 Å². The third-order valence-corrected chi connectivity index (χ3v) is 4.39. The van der Waals surface area contributed by atoms with Crippen molar-refractivity contribution in [2.24, 2.45) is 10.9 Å². The summed E-state index contributed by atoms with van der Waals surface area (Å²) in [6.45, 7) is 7.54. The average Bonchev–Trinajstić information content (AvgIpc) is 2.45. The van der Waals surface area contributed by atoms with Crippen molar-refractivity contribution in [3.8, 4) is 0 Å². The highest BCUT2D eigenvalue weighted by atomic mass is 32.2. The number of thioether (sulfide) groups is 1. The van der Waals surface area contributed by atoms with Crippen LogP contribution in [0, 0.1) is 0 Å². The Bertz CT molecular complexity index is 267. The highest BCUT2D eigenvalue weighted by Crippen LogP contribution is 2.12. The summed E-state index contributed by atoms with van der Waals surface area (Å²) in [4.78, 5) is 4.87. The zero-order valence-electron chi connectivity index (χ0n) is 12.2. The molecule has 0 aromatic carbocycles. The Hall–Kier alpha value is -0.460. The van der Waals surface area contributed by atoms with Crippen LogP contribution in [0.4, 0.5) is 0 Å². The molecule has 6 heteroatoms. The summed E-state index contributed by atoms with van der Waals surface area (Å²) in [5, 5.41) is 12.1. The van der Waals surface area contributed by atoms with Gasteiger partial charge in [0.1, 0.15) is 0 Å². The molecule has 3 N–H and O–H groups in total. The zero-order valence-corrected chi connectivity index (χ0v) is 13.0. The molecule has 0 spiro atoms. The van der Waals surface area contributed by atoms with Crippen LogP contribution in [0.1, 0.15) is 26.2 Å². The molecule has 0 radical (unpaired) electrons. The quantitative estimate of drug-likeness (QED) is 0.231. The third kappa shape index (κ3) is 5.58. The highest BCUT2D eigenvalue weighted by molar-refractivity contribution is 7.98. The van der Waals surface area contributed by atoms with Crippen molar-refractivity contribution in [3.05, 3.63) is 0 Å². The standard InChI is InChI=1S/C13H28N4OS/c1-3-5-12(13(14)15-18)17-9-7-16(8-10-17)6-4-11-19-2/h12,18H,3-11H2,1-2H3,(H2,14,15). The Labute approximate surface area is 121 Å². The lowest BCUT2D eigenvalue weighted by molar-refractivity contribution is 0.113. The van der Waals surface area contributed by atoms with Gasteiger partial charge in [0.05, 0.1) is 6.04 Å². The van der Waals surface area contributed by atoms with Gasteiger partial charge in [0.15, 0.2) is 5.84 Å². The predicted octanol–water partition coefficient (Wildman–Crippen LogP) is 1.27. The monoisotopic (exact) mass is 288 g/mol. The fourth-order valence-corrected chi connectivity index (χ4v) is 3.01. The van der Waals surface area contributed by atoms with Gasteiger partial charge >= 0.3 is 0 Å². The number of oxime groups is 1. The van der Waals surface area contributed by atoms with E-state index < -0.39 is 0 Å². The van der Waals surface area contributed by atoms with Gasteiger partial charge in [-0.3, -0.25) is 4.90 Å². The third-order valence-electron chi connectivity index (χ3n) is 3.69. The number of nitrogens with two attached hydrogens (primary N) is 1. The van der Waals surface area contributed by atoms with E-state index >= 15 is 0 Å². The molecule has 5 nitrogen and oxygen atoms in total. The van der Waals surface area contributed by atoms with Crippen LogP contribution in [0.2, 0.25) is 0 Å². The minimum Gasteiger partial charge on any atom is -0.409 e. The Morgan fingerprint density at radius 3 is 2.58 bits per heavy atom. The Morgan fingerprint density at radius 1 is 1.37 bits per heavy atom. The van der Waals surface area contributed by atoms with Gasteiger partial charge in [-0.15, -0.1) is 0 Å². The normalized spacial score (nSPS) is 20.6. The maximum Gasteiger partial charge on any atom is 0.156 e. The van der Waals surface area contributed by atoms with Gasteiger partial charge in [0, 0.05) is 26.2 Å². The molecule has 0 aromatic rings. The SMILES string of the molecule is CCCC(C(N)=NO)N1CCN(CCCSC)CC1. The lowest BCUT2D eigenvalue weighted by Gasteiger charge is -2.38. The molecular formula is C13H28N4OS. The van der Waals surface area contributed by atoms with Gasteiger partial charge in [-0.2, -0.15) is 11.8 Å². The molecule has 1 unspecified atom stereocenters. The first-order chi connectivity index (χ1) is 9.22. The van der Waals surface area contributed by atoms with E-state index in [1.165, 1.54) is 18.7 Å². The highest BCUT2D eigenvalue weighted by Gasteiger charge is 2.25. The lowest BCUT2D eigenvalue weighted by atomic mass is 10.1. The number of amidine groups is 1. The predicted molar refractivity (Wildman–Crippen MR) is 83.1 cm³/mol. The van der Waals surface area contributed by atoms with Crippen molar-refractivity contribution in [1.82, 2.24) is 9.80 Å². The maximum absolute atomic E-state index is 8.88. The van der Waals surface area contributed by atoms with E-state index in [0.717, 1.165) is 39.0 Å². The van der Waals surface area contributed by atoms with E-state index in [1.807, 2.05) is 11.8 Å². The van der Waals surface area contributed by atoms with Crippen molar-refractivity contribution in [1.29, 1.82) is 0 Å². The van der Waals surface area contributed by atoms with E-state index in [0.29, 0.717) is 5.84 Å². The van der Waals surface area contributed by atoms with Crippen LogP contribution in [0.3, 0.4) is 0 Å². The molecule has 0 amide bonds. The number of hydrogen-bond acceptors (Lipinski definition) is 5. The molecule has 19 heavy (non-hydrogen) atoms. The van der Waals surface area contributed by atoms with Gasteiger partial charge in [-0.1, -0.05) is 18.5 Å². The van der Waals surface area contributed by atoms with Crippen molar-refractivity contribution in [3.63, 3.8) is 0 Å². The van der Waals surface area contributed by atoms with Crippen molar-refractivity contribution < 1.29 is 5.21 Å². The molecule has 1 heterocycles. The fourth-order valence-electron chi connectivity index (χ4n) is 2.59. The largest absolute Gasteiger partial charge is 0.409 e. The molecule has 0 aliphatic carbocycles. The van der Waals surface area contributed by atoms with Gasteiger partial charge in [-0.05, 0) is 31.4 Å². The van der Waals surface area contributed by atoms with Crippen molar-refractivity contribution >= 4 is 17.6 Å². The molecule has 1 aliphatic rings. The van der Waals surface area contributed by atoms with Crippen LogP contribution in [0.15, 0.2) is 5.16 Å². The van der Waals surface area contributed by atoms with E-state index in [-0.39, 0.29) is 6.04 Å². The molecule has 1 atom stereocenters. The van der Waals surface area contributed by atoms with Crippen LogP contribution in [-0.2, 0) is 0 Å². The first kappa shape index (κ1) is 16.6. The van der Waals surface area contributed by atoms with Gasteiger partial charge in [-0.25, -0.2) is 0 Å². The van der Waals surface area contributed by atoms with Crippen molar-refractivity contribution in [2.75, 3.05) is 44.7 Å². The molecule has 0 bridgehead atoms. The van der Waals surface area contributed by atoms with Crippen LogP contribution in [0.5, 0.6) is 0 Å². The molecule has 1 rings (SSSR count). The fraction of sp³-hybridized carbons (Fsp3) is 0.923. The van der Waals surface area contributed by atoms with E-state index in [9.17, 15) is 0 Å². The van der Waals surface area contributed by atoms with Crippen LogP contribution in [-0.4, -0.2) is 71.6 Å². The average molecular weight is 288 g/mol. The smallest absolute Gasteiger partial charge is 0.156 e. The molecule has 0 aromatic heterocycles. The maximum atomic E-state index is 8.88. The van der Waals surface area contributed by atoms with E-state index in [4.69, 9.17) is 10.9 Å². The van der Waals surface area contributed by atoms with Crippen LogP contribution in [0.25, 0.3) is 0 Å². The Balaban J connectivity index is 2.38. The molecule has 1 saturated heterocycles. The summed E-state index contributed by atoms with van der Waals surface area (Å²) in [7, 11) is 0. The summed E-state index contributed by atoms with van der Waals surface area (Å²) in [5.41, 5.74) is 5.81. The first-order valence-electron chi connectivity index (χ1n) is 7.15. The Kier molecular flexibility index (Phi) is 8.25. The minimum absolute atomic E-state index is 0.100. The summed E-state index contributed by atoms with van der Waals surface area (Å²) < 4.78 is 0. The zero-order chi connectivity index (χ0) is 14.1. The number of rotatable bonds is 8. The summed E-state index contributed by atoms with van der Waals surface area (Å²) >= 11 is 1.91. The molecule has 0 saturated carbocycles. The number of hydrogen-bond donors (Lipinski definition) is 2. The first-order valence-corrected chi connectivity index (χ1v) is 8.55. The second kappa shape index (κ2) is 9.44.